The lowest BCUT2D eigenvalue weighted by molar-refractivity contribution is -0.130. The second kappa shape index (κ2) is 8.11. The van der Waals surface area contributed by atoms with Crippen molar-refractivity contribution in [1.82, 2.24) is 10.2 Å². The van der Waals surface area contributed by atoms with Gasteiger partial charge < -0.3 is 16.0 Å². The number of nitrogens with zero attached hydrogens (tertiary/aromatic N) is 1. The third kappa shape index (κ3) is 5.06. The van der Waals surface area contributed by atoms with Crippen LogP contribution in [0.5, 0.6) is 0 Å². The van der Waals surface area contributed by atoms with E-state index in [4.69, 9.17) is 5.73 Å². The van der Waals surface area contributed by atoms with Crippen molar-refractivity contribution in [1.29, 1.82) is 0 Å². The molecular weight excluding hydrogens is 290 g/mol. The molecule has 1 aliphatic rings. The van der Waals surface area contributed by atoms with Crippen molar-refractivity contribution in [2.24, 2.45) is 11.7 Å². The van der Waals surface area contributed by atoms with Crippen molar-refractivity contribution in [3.63, 3.8) is 0 Å². The monoisotopic (exact) mass is 317 g/mol. The Hall–Kier alpha value is -1.88. The second-order valence-electron chi connectivity index (χ2n) is 6.59. The predicted octanol–water partition coefficient (Wildman–Crippen LogP) is 1.32. The van der Waals surface area contributed by atoms with Gasteiger partial charge in [0.15, 0.2) is 0 Å². The summed E-state index contributed by atoms with van der Waals surface area (Å²) in [6.07, 6.45) is 2.06. The molecule has 1 aliphatic heterocycles. The Bertz CT molecular complexity index is 530. The van der Waals surface area contributed by atoms with Crippen LogP contribution in [0.4, 0.5) is 0 Å². The number of nitrogens with one attached hydrogen (secondary N) is 1. The fourth-order valence-electron chi connectivity index (χ4n) is 2.76. The van der Waals surface area contributed by atoms with Crippen LogP contribution in [0.3, 0.4) is 0 Å². The maximum absolute atomic E-state index is 12.3. The van der Waals surface area contributed by atoms with Gasteiger partial charge in [-0.2, -0.15) is 0 Å². The highest BCUT2D eigenvalue weighted by molar-refractivity contribution is 5.82. The minimum atomic E-state index is -0.488. The van der Waals surface area contributed by atoms with Crippen LogP contribution in [-0.4, -0.2) is 41.9 Å². The van der Waals surface area contributed by atoms with E-state index >= 15 is 0 Å². The van der Waals surface area contributed by atoms with E-state index in [1.807, 2.05) is 49.1 Å². The van der Waals surface area contributed by atoms with Gasteiger partial charge in [0.05, 0.1) is 6.04 Å². The summed E-state index contributed by atoms with van der Waals surface area (Å²) in [6, 6.07) is 9.55. The Morgan fingerprint density at radius 1 is 1.30 bits per heavy atom. The first-order valence-corrected chi connectivity index (χ1v) is 8.35. The van der Waals surface area contributed by atoms with Crippen LogP contribution < -0.4 is 11.1 Å². The summed E-state index contributed by atoms with van der Waals surface area (Å²) in [5, 5.41) is 2.96. The summed E-state index contributed by atoms with van der Waals surface area (Å²) >= 11 is 0. The van der Waals surface area contributed by atoms with Crippen LogP contribution in [0.25, 0.3) is 0 Å². The first-order chi connectivity index (χ1) is 11.0. The van der Waals surface area contributed by atoms with Crippen molar-refractivity contribution < 1.29 is 9.59 Å². The lowest BCUT2D eigenvalue weighted by Crippen LogP contribution is -2.48. The third-order valence-corrected chi connectivity index (χ3v) is 4.38. The lowest BCUT2D eigenvalue weighted by atomic mass is 10.0. The average Bonchev–Trinajstić information content (AvgIpc) is 3.01. The molecule has 0 saturated carbocycles. The van der Waals surface area contributed by atoms with Crippen molar-refractivity contribution in [3.05, 3.63) is 35.9 Å². The minimum Gasteiger partial charge on any atom is -0.350 e. The maximum Gasteiger partial charge on any atom is 0.237 e. The molecule has 0 bridgehead atoms. The molecular formula is C18H27N3O2. The van der Waals surface area contributed by atoms with Crippen LogP contribution in [0.15, 0.2) is 30.3 Å². The number of carbonyl (C=O) groups excluding carboxylic acids is 2. The van der Waals surface area contributed by atoms with Crippen LogP contribution in [0.1, 0.15) is 32.3 Å². The minimum absolute atomic E-state index is 0.0213. The number of nitrogens with two attached hydrogens (primary N) is 1. The van der Waals surface area contributed by atoms with Gasteiger partial charge in [0, 0.05) is 25.6 Å². The van der Waals surface area contributed by atoms with Crippen LogP contribution >= 0.6 is 0 Å². The van der Waals surface area contributed by atoms with E-state index in [1.165, 1.54) is 5.56 Å². The molecule has 2 amide bonds. The van der Waals surface area contributed by atoms with E-state index in [0.29, 0.717) is 19.5 Å². The number of likely N-dealkylation sites (tertiary alicyclic amines) is 1. The quantitative estimate of drug-likeness (QED) is 0.831. The highest BCUT2D eigenvalue weighted by Gasteiger charge is 2.28. The van der Waals surface area contributed by atoms with Gasteiger partial charge in [-0.15, -0.1) is 0 Å². The largest absolute Gasteiger partial charge is 0.350 e. The molecule has 0 radical (unpaired) electrons. The molecule has 5 heteroatoms. The van der Waals surface area contributed by atoms with Crippen molar-refractivity contribution in [2.75, 3.05) is 13.1 Å². The molecule has 2 rings (SSSR count). The number of hydrogen-bond acceptors (Lipinski definition) is 3. The Balaban J connectivity index is 1.76. The Morgan fingerprint density at radius 3 is 2.65 bits per heavy atom. The first kappa shape index (κ1) is 17.5. The van der Waals surface area contributed by atoms with E-state index in [1.54, 1.807) is 0 Å². The summed E-state index contributed by atoms with van der Waals surface area (Å²) in [4.78, 5) is 26.1. The third-order valence-electron chi connectivity index (χ3n) is 4.38. The van der Waals surface area contributed by atoms with Crippen molar-refractivity contribution in [3.8, 4) is 0 Å². The highest BCUT2D eigenvalue weighted by Crippen LogP contribution is 2.13. The number of hydrogen-bond donors (Lipinski definition) is 2. The number of amides is 2. The van der Waals surface area contributed by atoms with Gasteiger partial charge in [0.2, 0.25) is 11.8 Å². The second-order valence-corrected chi connectivity index (χ2v) is 6.59. The van der Waals surface area contributed by atoms with Gasteiger partial charge >= 0.3 is 0 Å². The van der Waals surface area contributed by atoms with Gasteiger partial charge in [-0.25, -0.2) is 0 Å². The smallest absolute Gasteiger partial charge is 0.237 e. The fourth-order valence-corrected chi connectivity index (χ4v) is 2.76. The molecule has 0 spiro atoms. The molecule has 1 heterocycles. The summed E-state index contributed by atoms with van der Waals surface area (Å²) in [6.45, 7) is 5.15. The first-order valence-electron chi connectivity index (χ1n) is 8.35. The molecule has 2 atom stereocenters. The Kier molecular flexibility index (Phi) is 6.16. The zero-order valence-corrected chi connectivity index (χ0v) is 14.0. The van der Waals surface area contributed by atoms with E-state index in [0.717, 1.165) is 12.8 Å². The summed E-state index contributed by atoms with van der Waals surface area (Å²) in [5.41, 5.74) is 7.03. The van der Waals surface area contributed by atoms with E-state index in [2.05, 4.69) is 5.32 Å². The molecule has 0 aliphatic carbocycles. The summed E-state index contributed by atoms with van der Waals surface area (Å²) in [5.74, 6) is 0.141. The molecule has 1 aromatic carbocycles. The Morgan fingerprint density at radius 2 is 2.00 bits per heavy atom. The van der Waals surface area contributed by atoms with Gasteiger partial charge in [0.25, 0.3) is 0 Å². The van der Waals surface area contributed by atoms with Gasteiger partial charge in [-0.05, 0) is 24.3 Å². The van der Waals surface area contributed by atoms with Crippen LogP contribution in [0, 0.1) is 5.92 Å². The highest BCUT2D eigenvalue weighted by atomic mass is 16.2. The van der Waals surface area contributed by atoms with E-state index < -0.39 is 6.04 Å². The van der Waals surface area contributed by atoms with E-state index in [-0.39, 0.29) is 23.8 Å². The topological polar surface area (TPSA) is 75.4 Å². The average molecular weight is 317 g/mol. The number of benzene rings is 1. The molecule has 23 heavy (non-hydrogen) atoms. The molecule has 5 nitrogen and oxygen atoms in total. The van der Waals surface area contributed by atoms with Gasteiger partial charge in [-0.1, -0.05) is 44.2 Å². The lowest BCUT2D eigenvalue weighted by Gasteiger charge is -2.20. The molecule has 0 aromatic heterocycles. The van der Waals surface area contributed by atoms with Gasteiger partial charge in [-0.3, -0.25) is 9.59 Å². The van der Waals surface area contributed by atoms with Crippen LogP contribution in [-0.2, 0) is 16.0 Å². The van der Waals surface area contributed by atoms with Crippen molar-refractivity contribution in [2.45, 2.75) is 45.2 Å². The van der Waals surface area contributed by atoms with Crippen LogP contribution in [0.2, 0.25) is 0 Å². The normalized spacial score (nSPS) is 19.0. The molecule has 1 fully saturated rings. The summed E-state index contributed by atoms with van der Waals surface area (Å²) in [7, 11) is 0. The zero-order chi connectivity index (χ0) is 16.8. The maximum atomic E-state index is 12.3. The van der Waals surface area contributed by atoms with Crippen molar-refractivity contribution >= 4 is 11.8 Å². The summed E-state index contributed by atoms with van der Waals surface area (Å²) < 4.78 is 0. The number of carbonyl (C=O) groups is 2. The SMILES string of the molecule is CC(C)[C@H](N)C(=O)NC1CCN(C(=O)CCc2ccccc2)C1. The molecule has 126 valence electrons. The molecule has 1 aromatic rings. The number of aryl methyl sites for hydroxylation is 1. The number of rotatable bonds is 6. The fraction of sp³-hybridized carbons (Fsp3) is 0.556. The predicted molar refractivity (Wildman–Crippen MR) is 90.7 cm³/mol. The van der Waals surface area contributed by atoms with E-state index in [9.17, 15) is 9.59 Å². The molecule has 1 saturated heterocycles. The zero-order valence-electron chi connectivity index (χ0n) is 14.0. The molecule has 1 unspecified atom stereocenters. The Labute approximate surface area is 138 Å². The van der Waals surface area contributed by atoms with Gasteiger partial charge in [0.1, 0.15) is 0 Å². The standard InChI is InChI=1S/C18H27N3O2/c1-13(2)17(19)18(23)20-15-10-11-21(12-15)16(22)9-8-14-6-4-3-5-7-14/h3-7,13,15,17H,8-12,19H2,1-2H3,(H,20,23)/t15?,17-/m0/s1. The molecule has 3 N–H and O–H groups in total.